The normalized spacial score (nSPS) is 26.3. The monoisotopic (exact) mass is 326 g/mol. The Morgan fingerprint density at radius 3 is 2.79 bits per heavy atom. The lowest BCUT2D eigenvalue weighted by molar-refractivity contribution is -0.0762. The minimum absolute atomic E-state index is 0.179. The second kappa shape index (κ2) is 6.76. The maximum Gasteiger partial charge on any atom is 0.127 e. The van der Waals surface area contributed by atoms with E-state index >= 15 is 0 Å². The zero-order valence-electron chi connectivity index (χ0n) is 11.9. The fourth-order valence-corrected chi connectivity index (χ4v) is 3.09. The van der Waals surface area contributed by atoms with Crippen LogP contribution >= 0.6 is 15.9 Å². The number of rotatable bonds is 6. The first-order valence-electron chi connectivity index (χ1n) is 7.14. The molecule has 106 valence electrons. The molecule has 2 nitrogen and oxygen atoms in total. The van der Waals surface area contributed by atoms with Gasteiger partial charge in [0.15, 0.2) is 0 Å². The molecule has 0 aromatic heterocycles. The van der Waals surface area contributed by atoms with Crippen molar-refractivity contribution in [3.8, 4) is 5.75 Å². The number of halogens is 1. The predicted molar refractivity (Wildman–Crippen MR) is 82.3 cm³/mol. The lowest BCUT2D eigenvalue weighted by Gasteiger charge is -2.41. The van der Waals surface area contributed by atoms with Crippen molar-refractivity contribution in [2.24, 2.45) is 0 Å². The summed E-state index contributed by atoms with van der Waals surface area (Å²) in [7, 11) is 0. The summed E-state index contributed by atoms with van der Waals surface area (Å²) in [6.07, 6.45) is 2.42. The van der Waals surface area contributed by atoms with E-state index < -0.39 is 0 Å². The molecule has 0 spiro atoms. The molecular formula is C16H23BrO2. The molecule has 0 N–H and O–H groups in total. The van der Waals surface area contributed by atoms with Crippen LogP contribution in [0.2, 0.25) is 0 Å². The van der Waals surface area contributed by atoms with Crippen LogP contribution in [0.5, 0.6) is 5.75 Å². The zero-order chi connectivity index (χ0) is 13.8. The topological polar surface area (TPSA) is 18.5 Å². The highest BCUT2D eigenvalue weighted by molar-refractivity contribution is 9.09. The molecule has 0 amide bonds. The van der Waals surface area contributed by atoms with E-state index in [0.29, 0.717) is 10.7 Å². The summed E-state index contributed by atoms with van der Waals surface area (Å²) >= 11 is 3.64. The fourth-order valence-electron chi connectivity index (χ4n) is 2.23. The molecule has 0 aliphatic heterocycles. The first kappa shape index (κ1) is 14.9. The average molecular weight is 327 g/mol. The van der Waals surface area contributed by atoms with E-state index in [1.807, 2.05) is 6.07 Å². The summed E-state index contributed by atoms with van der Waals surface area (Å²) in [5.74, 6) is 1.49. The fraction of sp³-hybridized carbons (Fsp3) is 0.625. The van der Waals surface area contributed by atoms with Gasteiger partial charge in [-0.1, -0.05) is 48.8 Å². The molecule has 1 saturated carbocycles. The quantitative estimate of drug-likeness (QED) is 0.715. The molecule has 19 heavy (non-hydrogen) atoms. The highest BCUT2D eigenvalue weighted by atomic mass is 79.9. The third kappa shape index (κ3) is 3.73. The molecule has 1 fully saturated rings. The summed E-state index contributed by atoms with van der Waals surface area (Å²) in [4.78, 5) is 0.428. The molecule has 3 heteroatoms. The van der Waals surface area contributed by atoms with Crippen LogP contribution < -0.4 is 4.74 Å². The van der Waals surface area contributed by atoms with Crippen LogP contribution in [0.4, 0.5) is 0 Å². The van der Waals surface area contributed by atoms with E-state index in [1.54, 1.807) is 0 Å². The number of hydrogen-bond donors (Lipinski definition) is 0. The van der Waals surface area contributed by atoms with Gasteiger partial charge in [0, 0.05) is 17.9 Å². The minimum Gasteiger partial charge on any atom is -0.488 e. The second-order valence-corrected chi connectivity index (χ2v) is 6.65. The lowest BCUT2D eigenvalue weighted by atomic mass is 9.91. The Kier molecular flexibility index (Phi) is 5.28. The van der Waals surface area contributed by atoms with Gasteiger partial charge in [0.1, 0.15) is 18.0 Å². The van der Waals surface area contributed by atoms with Crippen LogP contribution in [-0.4, -0.2) is 23.6 Å². The molecule has 3 unspecified atom stereocenters. The Hall–Kier alpha value is -0.540. The standard InChI is InChI=1S/C16H23BrO2/c1-4-8-18-16-14(17)10-15(16)19-13-7-5-6-12(9-13)11(2)3/h5-7,9,11,14-16H,4,8,10H2,1-3H3. The molecule has 1 aliphatic rings. The average Bonchev–Trinajstić information content (AvgIpc) is 2.39. The summed E-state index contributed by atoms with van der Waals surface area (Å²) in [5.41, 5.74) is 1.32. The predicted octanol–water partition coefficient (Wildman–Crippen LogP) is 4.52. The number of alkyl halides is 1. The Bertz CT molecular complexity index is 405. The smallest absolute Gasteiger partial charge is 0.127 e. The van der Waals surface area contributed by atoms with E-state index in [0.717, 1.165) is 25.2 Å². The van der Waals surface area contributed by atoms with Gasteiger partial charge in [-0.25, -0.2) is 0 Å². The van der Waals surface area contributed by atoms with E-state index in [2.05, 4.69) is 54.9 Å². The van der Waals surface area contributed by atoms with Crippen molar-refractivity contribution in [3.63, 3.8) is 0 Å². The van der Waals surface area contributed by atoms with Crippen molar-refractivity contribution in [1.29, 1.82) is 0 Å². The Balaban J connectivity index is 1.95. The molecule has 2 rings (SSSR count). The van der Waals surface area contributed by atoms with Crippen molar-refractivity contribution in [2.45, 2.75) is 56.6 Å². The summed E-state index contributed by atoms with van der Waals surface area (Å²) in [6, 6.07) is 8.39. The molecule has 1 aliphatic carbocycles. The third-order valence-corrected chi connectivity index (χ3v) is 4.40. The summed E-state index contributed by atoms with van der Waals surface area (Å²) < 4.78 is 11.9. The third-order valence-electron chi connectivity index (χ3n) is 3.51. The molecule has 0 saturated heterocycles. The largest absolute Gasteiger partial charge is 0.488 e. The Morgan fingerprint density at radius 2 is 2.16 bits per heavy atom. The SMILES string of the molecule is CCCOC1C(Br)CC1Oc1cccc(C(C)C)c1. The molecule has 3 atom stereocenters. The van der Waals surface area contributed by atoms with E-state index in [4.69, 9.17) is 9.47 Å². The highest BCUT2D eigenvalue weighted by Crippen LogP contribution is 2.34. The molecular weight excluding hydrogens is 304 g/mol. The Morgan fingerprint density at radius 1 is 1.37 bits per heavy atom. The molecule has 1 aromatic rings. The van der Waals surface area contributed by atoms with Crippen molar-refractivity contribution in [1.82, 2.24) is 0 Å². The highest BCUT2D eigenvalue weighted by Gasteiger charge is 2.42. The van der Waals surface area contributed by atoms with Gasteiger partial charge in [-0.15, -0.1) is 0 Å². The Labute approximate surface area is 124 Å². The van der Waals surface area contributed by atoms with E-state index in [1.165, 1.54) is 5.56 Å². The van der Waals surface area contributed by atoms with Gasteiger partial charge in [0.05, 0.1) is 0 Å². The maximum absolute atomic E-state index is 6.07. The summed E-state index contributed by atoms with van der Waals surface area (Å²) in [6.45, 7) is 7.33. The van der Waals surface area contributed by atoms with E-state index in [9.17, 15) is 0 Å². The molecule has 1 aromatic carbocycles. The maximum atomic E-state index is 6.07. The van der Waals surface area contributed by atoms with Crippen LogP contribution in [0.25, 0.3) is 0 Å². The van der Waals surface area contributed by atoms with Gasteiger partial charge in [-0.05, 0) is 30.0 Å². The van der Waals surface area contributed by atoms with Crippen molar-refractivity contribution in [2.75, 3.05) is 6.61 Å². The first-order valence-corrected chi connectivity index (χ1v) is 8.05. The number of benzene rings is 1. The van der Waals surface area contributed by atoms with Crippen LogP contribution in [0.1, 0.15) is 45.1 Å². The minimum atomic E-state index is 0.179. The van der Waals surface area contributed by atoms with Crippen LogP contribution in [0.3, 0.4) is 0 Å². The van der Waals surface area contributed by atoms with Crippen LogP contribution in [0, 0.1) is 0 Å². The van der Waals surface area contributed by atoms with Crippen molar-refractivity contribution in [3.05, 3.63) is 29.8 Å². The summed E-state index contributed by atoms with van der Waals surface area (Å²) in [5, 5.41) is 0. The zero-order valence-corrected chi connectivity index (χ0v) is 13.5. The van der Waals surface area contributed by atoms with Gasteiger partial charge < -0.3 is 9.47 Å². The van der Waals surface area contributed by atoms with Gasteiger partial charge in [0.25, 0.3) is 0 Å². The van der Waals surface area contributed by atoms with Gasteiger partial charge in [0.2, 0.25) is 0 Å². The van der Waals surface area contributed by atoms with Crippen molar-refractivity contribution >= 4 is 15.9 Å². The van der Waals surface area contributed by atoms with Gasteiger partial charge >= 0.3 is 0 Å². The van der Waals surface area contributed by atoms with E-state index in [-0.39, 0.29) is 12.2 Å². The second-order valence-electron chi connectivity index (χ2n) is 5.47. The molecule has 0 radical (unpaired) electrons. The first-order chi connectivity index (χ1) is 9.11. The van der Waals surface area contributed by atoms with Crippen LogP contribution in [0.15, 0.2) is 24.3 Å². The molecule has 0 heterocycles. The van der Waals surface area contributed by atoms with Crippen LogP contribution in [-0.2, 0) is 4.74 Å². The van der Waals surface area contributed by atoms with Gasteiger partial charge in [-0.3, -0.25) is 0 Å². The van der Waals surface area contributed by atoms with Gasteiger partial charge in [-0.2, -0.15) is 0 Å². The number of hydrogen-bond acceptors (Lipinski definition) is 2. The van der Waals surface area contributed by atoms with Crippen molar-refractivity contribution < 1.29 is 9.47 Å². The number of ether oxygens (including phenoxy) is 2. The lowest BCUT2D eigenvalue weighted by Crippen LogP contribution is -2.52. The molecule has 0 bridgehead atoms.